The highest BCUT2D eigenvalue weighted by Gasteiger charge is 2.34. The quantitative estimate of drug-likeness (QED) is 0.608. The Balaban J connectivity index is 2.48. The van der Waals surface area contributed by atoms with Gasteiger partial charge in [0.1, 0.15) is 0 Å². The van der Waals surface area contributed by atoms with Crippen LogP contribution >= 0.6 is 0 Å². The second-order valence-corrected chi connectivity index (χ2v) is 5.67. The summed E-state index contributed by atoms with van der Waals surface area (Å²) in [6.45, 7) is 10.8. The molecule has 102 valence electrons. The fourth-order valence-corrected chi connectivity index (χ4v) is 2.77. The van der Waals surface area contributed by atoms with Crippen LogP contribution in [0, 0.1) is 5.41 Å². The molecule has 0 aromatic rings. The summed E-state index contributed by atoms with van der Waals surface area (Å²) in [4.78, 5) is 2.18. The lowest BCUT2D eigenvalue weighted by Crippen LogP contribution is -2.42. The molecule has 0 radical (unpaired) electrons. The van der Waals surface area contributed by atoms with Crippen LogP contribution in [0.2, 0.25) is 0 Å². The van der Waals surface area contributed by atoms with E-state index in [4.69, 9.17) is 0 Å². The average molecular weight is 244 g/mol. The summed E-state index contributed by atoms with van der Waals surface area (Å²) in [5, 5.41) is 22.5. The third-order valence-corrected chi connectivity index (χ3v) is 3.60. The van der Waals surface area contributed by atoms with E-state index in [1.807, 2.05) is 0 Å². The van der Waals surface area contributed by atoms with Crippen molar-refractivity contribution in [3.63, 3.8) is 0 Å². The van der Waals surface area contributed by atoms with E-state index >= 15 is 0 Å². The number of hydrogen-bond donors (Lipinski definition) is 3. The zero-order valence-electron chi connectivity index (χ0n) is 11.4. The molecule has 4 nitrogen and oxygen atoms in total. The molecule has 3 atom stereocenters. The highest BCUT2D eigenvalue weighted by Crippen LogP contribution is 2.26. The van der Waals surface area contributed by atoms with Crippen molar-refractivity contribution in [2.75, 3.05) is 32.7 Å². The van der Waals surface area contributed by atoms with E-state index in [1.54, 1.807) is 0 Å². The SMILES string of the molecule is CCCC(C)(CNCC)CN1CC(O)C(O)C1. The molecule has 1 aliphatic rings. The van der Waals surface area contributed by atoms with Crippen LogP contribution in [0.1, 0.15) is 33.6 Å². The molecule has 0 aromatic carbocycles. The van der Waals surface area contributed by atoms with Crippen molar-refractivity contribution in [1.29, 1.82) is 0 Å². The summed E-state index contributed by atoms with van der Waals surface area (Å²) in [5.74, 6) is 0. The standard InChI is InChI=1S/C13H28N2O2/c1-4-6-13(3,9-14-5-2)10-15-7-11(16)12(17)8-15/h11-12,14,16-17H,4-10H2,1-3H3. The summed E-state index contributed by atoms with van der Waals surface area (Å²) in [7, 11) is 0. The summed E-state index contributed by atoms with van der Waals surface area (Å²) < 4.78 is 0. The second-order valence-electron chi connectivity index (χ2n) is 5.67. The molecule has 0 amide bonds. The van der Waals surface area contributed by atoms with Crippen molar-refractivity contribution in [3.05, 3.63) is 0 Å². The van der Waals surface area contributed by atoms with Gasteiger partial charge in [-0.15, -0.1) is 0 Å². The van der Waals surface area contributed by atoms with E-state index in [2.05, 4.69) is 31.0 Å². The first kappa shape index (κ1) is 14.9. The van der Waals surface area contributed by atoms with Gasteiger partial charge in [0, 0.05) is 26.2 Å². The van der Waals surface area contributed by atoms with Crippen LogP contribution in [0.15, 0.2) is 0 Å². The predicted octanol–water partition coefficient (Wildman–Crippen LogP) is 0.440. The van der Waals surface area contributed by atoms with E-state index < -0.39 is 12.2 Å². The maximum absolute atomic E-state index is 9.56. The molecule has 3 unspecified atom stereocenters. The minimum absolute atomic E-state index is 0.231. The minimum Gasteiger partial charge on any atom is -0.389 e. The van der Waals surface area contributed by atoms with Crippen molar-refractivity contribution in [2.24, 2.45) is 5.41 Å². The molecule has 1 heterocycles. The lowest BCUT2D eigenvalue weighted by atomic mass is 9.85. The Hall–Kier alpha value is -0.160. The van der Waals surface area contributed by atoms with E-state index in [-0.39, 0.29) is 5.41 Å². The van der Waals surface area contributed by atoms with Gasteiger partial charge in [0.15, 0.2) is 0 Å². The number of hydrogen-bond acceptors (Lipinski definition) is 4. The summed E-state index contributed by atoms with van der Waals surface area (Å²) in [6.07, 6.45) is 1.20. The molecular formula is C13H28N2O2. The van der Waals surface area contributed by atoms with Crippen molar-refractivity contribution < 1.29 is 10.2 Å². The van der Waals surface area contributed by atoms with Gasteiger partial charge in [-0.1, -0.05) is 27.2 Å². The van der Waals surface area contributed by atoms with Crippen LogP contribution in [0.5, 0.6) is 0 Å². The highest BCUT2D eigenvalue weighted by atomic mass is 16.3. The Morgan fingerprint density at radius 3 is 2.29 bits per heavy atom. The topological polar surface area (TPSA) is 55.7 Å². The first-order valence-electron chi connectivity index (χ1n) is 6.80. The van der Waals surface area contributed by atoms with Crippen LogP contribution in [-0.2, 0) is 0 Å². The minimum atomic E-state index is -0.569. The second kappa shape index (κ2) is 6.69. The van der Waals surface area contributed by atoms with Crippen LogP contribution in [0.25, 0.3) is 0 Å². The number of rotatable bonds is 7. The third-order valence-electron chi connectivity index (χ3n) is 3.60. The Labute approximate surface area is 105 Å². The van der Waals surface area contributed by atoms with Crippen molar-refractivity contribution in [3.8, 4) is 0 Å². The predicted molar refractivity (Wildman–Crippen MR) is 70.0 cm³/mol. The average Bonchev–Trinajstić information content (AvgIpc) is 2.55. The summed E-state index contributed by atoms with van der Waals surface area (Å²) >= 11 is 0. The molecule has 1 fully saturated rings. The lowest BCUT2D eigenvalue weighted by Gasteiger charge is -2.34. The van der Waals surface area contributed by atoms with Crippen LogP contribution in [0.4, 0.5) is 0 Å². The smallest absolute Gasteiger partial charge is 0.0938 e. The van der Waals surface area contributed by atoms with Crippen molar-refractivity contribution in [2.45, 2.75) is 45.8 Å². The van der Waals surface area contributed by atoms with Gasteiger partial charge in [-0.05, 0) is 18.4 Å². The van der Waals surface area contributed by atoms with Crippen LogP contribution < -0.4 is 5.32 Å². The normalized spacial score (nSPS) is 29.5. The maximum Gasteiger partial charge on any atom is 0.0938 e. The molecule has 1 rings (SSSR count). The van der Waals surface area contributed by atoms with Gasteiger partial charge in [0.25, 0.3) is 0 Å². The molecule has 3 N–H and O–H groups in total. The molecule has 0 aromatic heterocycles. The first-order chi connectivity index (χ1) is 8.00. The molecular weight excluding hydrogens is 216 g/mol. The van der Waals surface area contributed by atoms with Gasteiger partial charge in [-0.2, -0.15) is 0 Å². The van der Waals surface area contributed by atoms with Crippen LogP contribution in [-0.4, -0.2) is 60.0 Å². The Morgan fingerprint density at radius 1 is 1.24 bits per heavy atom. The number of β-amino-alcohol motifs (C(OH)–C–C–N with tert-alkyl or cyclic N) is 2. The van der Waals surface area contributed by atoms with Gasteiger partial charge < -0.3 is 15.5 Å². The molecule has 0 spiro atoms. The number of nitrogens with one attached hydrogen (secondary N) is 1. The Morgan fingerprint density at radius 2 is 1.82 bits per heavy atom. The van der Waals surface area contributed by atoms with E-state index in [0.29, 0.717) is 13.1 Å². The largest absolute Gasteiger partial charge is 0.389 e. The van der Waals surface area contributed by atoms with Crippen LogP contribution in [0.3, 0.4) is 0 Å². The number of nitrogens with zero attached hydrogens (tertiary/aromatic N) is 1. The third kappa shape index (κ3) is 4.54. The van der Waals surface area contributed by atoms with E-state index in [1.165, 1.54) is 12.8 Å². The summed E-state index contributed by atoms with van der Waals surface area (Å²) in [5.41, 5.74) is 0.231. The number of aliphatic hydroxyl groups excluding tert-OH is 2. The number of likely N-dealkylation sites (tertiary alicyclic amines) is 1. The van der Waals surface area contributed by atoms with E-state index in [0.717, 1.165) is 19.6 Å². The highest BCUT2D eigenvalue weighted by molar-refractivity contribution is 4.88. The molecule has 0 saturated carbocycles. The molecule has 0 aliphatic carbocycles. The number of aliphatic hydroxyl groups is 2. The summed E-state index contributed by atoms with van der Waals surface area (Å²) in [6, 6.07) is 0. The lowest BCUT2D eigenvalue weighted by molar-refractivity contribution is 0.0572. The molecule has 1 saturated heterocycles. The fraction of sp³-hybridized carbons (Fsp3) is 1.00. The zero-order chi connectivity index (χ0) is 12.9. The van der Waals surface area contributed by atoms with E-state index in [9.17, 15) is 10.2 Å². The monoisotopic (exact) mass is 244 g/mol. The Bertz CT molecular complexity index is 215. The zero-order valence-corrected chi connectivity index (χ0v) is 11.4. The fourth-order valence-electron chi connectivity index (χ4n) is 2.77. The van der Waals surface area contributed by atoms with Crippen molar-refractivity contribution in [1.82, 2.24) is 10.2 Å². The van der Waals surface area contributed by atoms with Gasteiger partial charge in [0.05, 0.1) is 12.2 Å². The van der Waals surface area contributed by atoms with Gasteiger partial charge in [0.2, 0.25) is 0 Å². The maximum atomic E-state index is 9.56. The van der Waals surface area contributed by atoms with Gasteiger partial charge in [-0.3, -0.25) is 4.90 Å². The van der Waals surface area contributed by atoms with Crippen molar-refractivity contribution >= 4 is 0 Å². The molecule has 17 heavy (non-hydrogen) atoms. The molecule has 0 bridgehead atoms. The first-order valence-corrected chi connectivity index (χ1v) is 6.80. The van der Waals surface area contributed by atoms with Gasteiger partial charge >= 0.3 is 0 Å². The molecule has 4 heteroatoms. The Kier molecular flexibility index (Phi) is 5.86. The molecule has 1 aliphatic heterocycles. The van der Waals surface area contributed by atoms with Gasteiger partial charge in [-0.25, -0.2) is 0 Å².